The van der Waals surface area contributed by atoms with Gasteiger partial charge in [0.15, 0.2) is 0 Å². The second-order valence-corrected chi connectivity index (χ2v) is 14.4. The second kappa shape index (κ2) is 14.5. The molecule has 10 nitrogen and oxygen atoms in total. The van der Waals surface area contributed by atoms with Crippen molar-refractivity contribution in [2.45, 2.75) is 5.41 Å². The summed E-state index contributed by atoms with van der Waals surface area (Å²) in [6.45, 7) is 0. The van der Waals surface area contributed by atoms with E-state index in [2.05, 4.69) is 9.78 Å². The molecule has 0 bridgehead atoms. The minimum absolute atomic E-state index is 0.156. The molecule has 0 atom stereocenters. The molecule has 2 N–H and O–H groups in total. The molecule has 0 unspecified atom stereocenters. The van der Waals surface area contributed by atoms with E-state index >= 15 is 0 Å². The topological polar surface area (TPSA) is 136 Å². The smallest absolute Gasteiger partial charge is 0.368 e. The van der Waals surface area contributed by atoms with Gasteiger partial charge in [-0.3, -0.25) is 9.78 Å². The summed E-state index contributed by atoms with van der Waals surface area (Å²) in [5, 5.41) is 17.1. The van der Waals surface area contributed by atoms with Crippen LogP contribution in [0, 0.1) is 0 Å². The summed E-state index contributed by atoms with van der Waals surface area (Å²) in [6, 6.07) is -32.1. The third kappa shape index (κ3) is 5.45. The zero-order chi connectivity index (χ0) is 71.1. The summed E-state index contributed by atoms with van der Waals surface area (Å²) >= 11 is 0. The van der Waals surface area contributed by atoms with E-state index in [9.17, 15) is 37.9 Å². The van der Waals surface area contributed by atoms with E-state index in [-0.39, 0.29) is 15.7 Å². The molecule has 0 saturated carbocycles. The Bertz CT molecular complexity index is 5750. The molecule has 12 aromatic rings. The number of para-hydroxylation sites is 3. The molecular formula is C57H33NO9. The molecule has 3 aromatic heterocycles. The Balaban J connectivity index is 1.27. The molecule has 1 aliphatic carbocycles. The van der Waals surface area contributed by atoms with Crippen LogP contribution in [0.2, 0.25) is 0 Å². The van der Waals surface area contributed by atoms with Crippen molar-refractivity contribution in [2.24, 2.45) is 0 Å². The predicted molar refractivity (Wildman–Crippen MR) is 257 cm³/mol. The SMILES string of the molecule is [2H]c1cc2c(oc3c([2H])c([2H])c([2H])c([2H])c32)c(-c2c3oc4c([2H])c([2H])c(N(c5c([2H])c([2H])c(-c6c([2H])c([2H])c([2H])c([2H])c6[2H])c([2H])c5[2H])c5c([2H])c([2H])c6c(c5[2H])C(C(=O)OO)(C(=O)OO)c5c([2H])c([2H])c([2H])c([2H])c5-6)c([2H])c4c3c([2H])c3oc4c([2H])c([2H])c([2H])c([2H])c4c23)c1[2H]. The van der Waals surface area contributed by atoms with Crippen molar-refractivity contribution in [3.8, 4) is 33.4 Å². The van der Waals surface area contributed by atoms with Gasteiger partial charge in [0.1, 0.15) is 33.5 Å². The first-order valence-corrected chi connectivity index (χ1v) is 19.2. The number of hydrogen-bond donors (Lipinski definition) is 2. The Hall–Kier alpha value is -8.96. The van der Waals surface area contributed by atoms with Gasteiger partial charge in [0.2, 0.25) is 5.41 Å². The number of fused-ring (bicyclic) bond motifs is 12. The van der Waals surface area contributed by atoms with E-state index in [0.717, 1.165) is 6.07 Å². The largest absolute Gasteiger partial charge is 0.456 e. The normalized spacial score (nSPS) is 19.1. The number of nitrogens with zero attached hydrogens (tertiary/aromatic N) is 1. The van der Waals surface area contributed by atoms with E-state index < -0.39 is 315 Å². The van der Waals surface area contributed by atoms with Crippen LogP contribution < -0.4 is 4.90 Å². The zero-order valence-electron chi connectivity index (χ0n) is 62.8. The molecule has 1 aliphatic rings. The lowest BCUT2D eigenvalue weighted by atomic mass is 9.78. The average Bonchev–Trinajstić information content (AvgIpc) is 1.53. The van der Waals surface area contributed by atoms with Gasteiger partial charge >= 0.3 is 11.9 Å². The molecule has 9 aromatic carbocycles. The van der Waals surface area contributed by atoms with Crippen molar-refractivity contribution >= 4 is 94.8 Å². The molecule has 3 heterocycles. The van der Waals surface area contributed by atoms with Crippen LogP contribution in [0.5, 0.6) is 0 Å². The molecule has 13 rings (SSSR count). The van der Waals surface area contributed by atoms with E-state index in [1.54, 1.807) is 0 Å². The van der Waals surface area contributed by atoms with Crippen molar-refractivity contribution in [3.63, 3.8) is 0 Å². The number of benzene rings is 9. The molecule has 0 aliphatic heterocycles. The van der Waals surface area contributed by atoms with Gasteiger partial charge in [0.05, 0.1) is 41.1 Å². The van der Waals surface area contributed by atoms with Crippen molar-refractivity contribution in [3.05, 3.63) is 198 Å². The van der Waals surface area contributed by atoms with E-state index in [1.807, 2.05) is 0 Å². The Morgan fingerprint density at radius 1 is 0.463 bits per heavy atom. The fourth-order valence-electron chi connectivity index (χ4n) is 8.26. The van der Waals surface area contributed by atoms with Gasteiger partial charge in [-0.2, -0.15) is 10.5 Å². The molecule has 10 heteroatoms. The maximum absolute atomic E-state index is 14.4. The highest BCUT2D eigenvalue weighted by Gasteiger charge is 2.59. The summed E-state index contributed by atoms with van der Waals surface area (Å²) in [6.07, 6.45) is 0. The van der Waals surface area contributed by atoms with Crippen LogP contribution in [-0.4, -0.2) is 22.5 Å². The van der Waals surface area contributed by atoms with Gasteiger partial charge in [-0.05, 0) is 93.8 Å². The van der Waals surface area contributed by atoms with Crippen LogP contribution >= 0.6 is 0 Å². The van der Waals surface area contributed by atoms with Gasteiger partial charge in [-0.15, -0.1) is 0 Å². The van der Waals surface area contributed by atoms with Crippen molar-refractivity contribution < 1.29 is 84.3 Å². The summed E-state index contributed by atoms with van der Waals surface area (Å²) in [5.74, 6) is -4.68. The third-order valence-corrected chi connectivity index (χ3v) is 11.1. The number of anilines is 3. The highest BCUT2D eigenvalue weighted by atomic mass is 17.1. The van der Waals surface area contributed by atoms with E-state index in [1.165, 1.54) is 0 Å². The van der Waals surface area contributed by atoms with Gasteiger partial charge < -0.3 is 18.2 Å². The highest BCUT2D eigenvalue weighted by Crippen LogP contribution is 2.53. The monoisotopic (exact) mass is 905 g/mol. The Morgan fingerprint density at radius 3 is 1.85 bits per heavy atom. The quantitative estimate of drug-likeness (QED) is 0.0904. The molecule has 0 fully saturated rings. The van der Waals surface area contributed by atoms with Gasteiger partial charge in [-0.25, -0.2) is 9.59 Å². The molecule has 0 spiro atoms. The average molecular weight is 906 g/mol. The lowest BCUT2D eigenvalue weighted by molar-refractivity contribution is -0.255. The molecule has 0 saturated heterocycles. The van der Waals surface area contributed by atoms with Crippen LogP contribution in [-0.2, 0) is 24.8 Å². The number of carbonyl (C=O) groups is 2. The zero-order valence-corrected chi connectivity index (χ0v) is 32.8. The van der Waals surface area contributed by atoms with Crippen LogP contribution in [0.1, 0.15) is 52.2 Å². The number of carbonyl (C=O) groups excluding carboxylic acids is 2. The minimum Gasteiger partial charge on any atom is -0.456 e. The molecule has 0 amide bonds. The Morgan fingerprint density at radius 2 is 1.06 bits per heavy atom. The van der Waals surface area contributed by atoms with Crippen LogP contribution in [0.3, 0.4) is 0 Å². The number of furan rings is 3. The molecule has 320 valence electrons. The molecular weight excluding hydrogens is 843 g/mol. The highest BCUT2D eigenvalue weighted by molar-refractivity contribution is 6.26. The lowest BCUT2D eigenvalue weighted by Gasteiger charge is -2.28. The van der Waals surface area contributed by atoms with Gasteiger partial charge in [-0.1, -0.05) is 127 Å². The fourth-order valence-corrected chi connectivity index (χ4v) is 8.26. The maximum Gasteiger partial charge on any atom is 0.368 e. The molecule has 67 heavy (non-hydrogen) atoms. The van der Waals surface area contributed by atoms with Crippen molar-refractivity contribution in [2.75, 3.05) is 4.90 Å². The van der Waals surface area contributed by atoms with Crippen LogP contribution in [0.4, 0.5) is 17.1 Å². The third-order valence-electron chi connectivity index (χ3n) is 11.1. The van der Waals surface area contributed by atoms with Crippen molar-refractivity contribution in [1.82, 2.24) is 0 Å². The van der Waals surface area contributed by atoms with Crippen LogP contribution in [0.15, 0.2) is 201 Å². The number of rotatable bonds is 7. The summed E-state index contributed by atoms with van der Waals surface area (Å²) < 4.78 is 293. The summed E-state index contributed by atoms with van der Waals surface area (Å²) in [5.41, 5.74) is -20.4. The Kier molecular flexibility index (Phi) is 4.09. The maximum atomic E-state index is 14.4. The van der Waals surface area contributed by atoms with E-state index in [0.29, 0.717) is 0 Å². The van der Waals surface area contributed by atoms with Crippen LogP contribution in [0.25, 0.3) is 99.2 Å². The van der Waals surface area contributed by atoms with Gasteiger partial charge in [0.25, 0.3) is 0 Å². The first-order chi connectivity index (χ1) is 45.5. The number of hydrogen-bond acceptors (Lipinski definition) is 10. The van der Waals surface area contributed by atoms with Gasteiger partial charge in [0, 0.05) is 60.5 Å². The summed E-state index contributed by atoms with van der Waals surface area (Å²) in [4.78, 5) is 37.1. The first kappa shape index (κ1) is 18.9. The lowest BCUT2D eigenvalue weighted by Crippen LogP contribution is -2.45. The van der Waals surface area contributed by atoms with Crippen molar-refractivity contribution in [1.29, 1.82) is 0 Å². The fraction of sp³-hybridized carbons (Fsp3) is 0.0175. The first-order valence-electron chi connectivity index (χ1n) is 34.2. The standard InChI is InChI=1S/C57H33NO9/c59-55(66-61)57(56(60)67-62)45-18-7-4-13-37(45)38-27-25-36(30-46(38)57)58(34-23-21-33(22-24-34)32-11-2-1-3-12-32)35-26-28-49-43(29-35)44-31-50-51(41-15-6-9-20-48(41)63-50)52(54(44)65-49)42-17-10-16-40-39-14-5-8-19-47(39)64-53(40)42/h1-31,61-62H/i1D,2D,3D,4D,5D,6D,7D,8D,9D,10D,11D,12D,13D,14D,15D,17D,18D,19D,20D,21D,22D,23D,24D,25D,26D,27D,28D,29D,30D,31D. The predicted octanol–water partition coefficient (Wildman–Crippen LogP) is 14.5. The summed E-state index contributed by atoms with van der Waals surface area (Å²) in [7, 11) is 0. The van der Waals surface area contributed by atoms with E-state index in [4.69, 9.17) is 36.6 Å². The minimum atomic E-state index is -3.91. The Labute approximate surface area is 421 Å². The molecule has 0 radical (unpaired) electrons. The second-order valence-electron chi connectivity index (χ2n) is 14.4.